The Morgan fingerprint density at radius 1 is 1.27 bits per heavy atom. The van der Waals surface area contributed by atoms with Gasteiger partial charge in [0.2, 0.25) is 0 Å². The van der Waals surface area contributed by atoms with Gasteiger partial charge in [0.1, 0.15) is 22.8 Å². The summed E-state index contributed by atoms with van der Waals surface area (Å²) in [5.41, 5.74) is 0.0532. The molecular weight excluding hydrogens is 602 g/mol. The van der Waals surface area contributed by atoms with Gasteiger partial charge in [0.05, 0.1) is 33.5 Å². The van der Waals surface area contributed by atoms with Crippen molar-refractivity contribution in [1.82, 2.24) is 4.90 Å². The Balaban J connectivity index is 1.57. The number of ether oxygens (including phenoxy) is 1. The van der Waals surface area contributed by atoms with Crippen LogP contribution in [0.25, 0.3) is 0 Å². The van der Waals surface area contributed by atoms with E-state index < -0.39 is 29.0 Å². The van der Waals surface area contributed by atoms with E-state index in [0.717, 1.165) is 47.6 Å². The second-order valence-electron chi connectivity index (χ2n) is 11.6. The molecule has 1 saturated heterocycles. The number of phenols is 1. The highest BCUT2D eigenvalue weighted by Gasteiger charge is 2.52. The van der Waals surface area contributed by atoms with Crippen molar-refractivity contribution in [3.8, 4) is 5.75 Å². The van der Waals surface area contributed by atoms with Crippen LogP contribution >= 0.6 is 46.9 Å². The third kappa shape index (κ3) is 6.89. The number of carboxylic acid groups (broad SMARTS) is 1. The second kappa shape index (κ2) is 13.5. The molecule has 0 spiro atoms. The quantitative estimate of drug-likeness (QED) is 0.173. The number of carbonyl (C=O) groups excluding carboxylic acids is 1. The topological polar surface area (TPSA) is 112 Å². The minimum Gasteiger partial charge on any atom is -0.507 e. The molecule has 0 radical (unpaired) electrons. The maximum Gasteiger partial charge on any atom is 0.332 e. The number of carboxylic acids is 1. The van der Waals surface area contributed by atoms with E-state index in [1.165, 1.54) is 11.8 Å². The number of hydrogen-bond donors (Lipinski definition) is 2. The Hall–Kier alpha value is -1.40. The lowest BCUT2D eigenvalue weighted by atomic mass is 9.82. The van der Waals surface area contributed by atoms with Crippen LogP contribution < -0.4 is 0 Å². The standard InChI is InChI=1S/C29H40ClN3O5S3/c1-6-7-8-10-17-11-9-12-20(34)22(17)24-31-18(14-39-24)25-33(5)19(15-40-25)23(38-21(35)13-30)28(2,3)26-32-29(4,16-41-26)27(36)37/h9,11-12,18-19,23,25,34H,6-8,10,13-16H2,1-5H3,(H,36,37)/t18-,19+,23-,25-,29-/m1/s1. The third-order valence-corrected chi connectivity index (χ3v) is 12.5. The highest BCUT2D eigenvalue weighted by molar-refractivity contribution is 8.15. The summed E-state index contributed by atoms with van der Waals surface area (Å²) >= 11 is 10.7. The van der Waals surface area contributed by atoms with Crippen LogP contribution in [0.15, 0.2) is 28.2 Å². The van der Waals surface area contributed by atoms with Gasteiger partial charge in [-0.15, -0.1) is 46.9 Å². The minimum atomic E-state index is -1.21. The zero-order chi connectivity index (χ0) is 29.9. The largest absolute Gasteiger partial charge is 0.507 e. The normalized spacial score (nSPS) is 27.5. The minimum absolute atomic E-state index is 0.000846. The van der Waals surface area contributed by atoms with E-state index in [1.807, 2.05) is 27.0 Å². The van der Waals surface area contributed by atoms with Gasteiger partial charge >= 0.3 is 11.9 Å². The molecule has 4 rings (SSSR count). The number of aromatic hydroxyl groups is 1. The van der Waals surface area contributed by atoms with Gasteiger partial charge in [0, 0.05) is 17.3 Å². The van der Waals surface area contributed by atoms with Gasteiger partial charge in [-0.25, -0.2) is 4.79 Å². The van der Waals surface area contributed by atoms with Gasteiger partial charge in [-0.3, -0.25) is 19.7 Å². The number of nitrogens with zero attached hydrogens (tertiary/aromatic N) is 3. The van der Waals surface area contributed by atoms with Gasteiger partial charge in [-0.2, -0.15) is 0 Å². The van der Waals surface area contributed by atoms with E-state index in [2.05, 4.69) is 22.9 Å². The molecule has 1 fully saturated rings. The molecule has 12 heteroatoms. The summed E-state index contributed by atoms with van der Waals surface area (Å²) in [6.07, 6.45) is 3.69. The van der Waals surface area contributed by atoms with Gasteiger partial charge in [-0.05, 0) is 38.4 Å². The highest BCUT2D eigenvalue weighted by Crippen LogP contribution is 2.45. The lowest BCUT2D eigenvalue weighted by Crippen LogP contribution is -2.54. The molecule has 1 aromatic rings. The first-order valence-corrected chi connectivity index (χ1v) is 17.6. The van der Waals surface area contributed by atoms with E-state index in [9.17, 15) is 19.8 Å². The number of alkyl halides is 1. The molecule has 0 amide bonds. The fourth-order valence-electron chi connectivity index (χ4n) is 5.52. The zero-order valence-electron chi connectivity index (χ0n) is 24.3. The van der Waals surface area contributed by atoms with Crippen molar-refractivity contribution < 1.29 is 24.5 Å². The van der Waals surface area contributed by atoms with Crippen molar-refractivity contribution in [2.45, 2.75) is 82.5 Å². The Kier molecular flexibility index (Phi) is 10.7. The van der Waals surface area contributed by atoms with Crippen molar-refractivity contribution in [3.63, 3.8) is 0 Å². The van der Waals surface area contributed by atoms with Crippen LogP contribution in [0.2, 0.25) is 0 Å². The number of thioether (sulfide) groups is 3. The maximum absolute atomic E-state index is 12.5. The Bertz CT molecular complexity index is 1210. The molecule has 3 heterocycles. The number of benzene rings is 1. The third-order valence-electron chi connectivity index (χ3n) is 8.04. The van der Waals surface area contributed by atoms with Crippen molar-refractivity contribution in [2.75, 3.05) is 30.2 Å². The number of aryl methyl sites for hydroxylation is 1. The van der Waals surface area contributed by atoms with Crippen LogP contribution in [0.1, 0.15) is 58.1 Å². The van der Waals surface area contributed by atoms with Crippen LogP contribution in [-0.2, 0) is 20.7 Å². The number of aliphatic imine (C=N–C) groups is 2. The van der Waals surface area contributed by atoms with Gasteiger partial charge in [0.25, 0.3) is 0 Å². The fraction of sp³-hybridized carbons (Fsp3) is 0.655. The van der Waals surface area contributed by atoms with Crippen LogP contribution in [0.5, 0.6) is 5.75 Å². The number of carbonyl (C=O) groups is 2. The summed E-state index contributed by atoms with van der Waals surface area (Å²) in [7, 11) is 2.03. The maximum atomic E-state index is 12.5. The molecule has 41 heavy (non-hydrogen) atoms. The van der Waals surface area contributed by atoms with Crippen molar-refractivity contribution in [1.29, 1.82) is 0 Å². The molecule has 1 aromatic carbocycles. The second-order valence-corrected chi connectivity index (χ2v) is 15.0. The average molecular weight is 642 g/mol. The molecule has 0 aromatic heterocycles. The first-order valence-electron chi connectivity index (χ1n) is 14.0. The van der Waals surface area contributed by atoms with Crippen molar-refractivity contribution in [2.24, 2.45) is 15.4 Å². The zero-order valence-corrected chi connectivity index (χ0v) is 27.5. The van der Waals surface area contributed by atoms with E-state index in [-0.39, 0.29) is 29.1 Å². The number of halogens is 1. The van der Waals surface area contributed by atoms with Gasteiger partial charge in [-0.1, -0.05) is 45.7 Å². The van der Waals surface area contributed by atoms with E-state index in [1.54, 1.807) is 36.5 Å². The molecule has 0 aliphatic carbocycles. The van der Waals surface area contributed by atoms with Crippen LogP contribution in [0, 0.1) is 5.41 Å². The Morgan fingerprint density at radius 3 is 2.68 bits per heavy atom. The molecular formula is C29H40ClN3O5S3. The summed E-state index contributed by atoms with van der Waals surface area (Å²) < 4.78 is 6.00. The molecule has 0 saturated carbocycles. The number of rotatable bonds is 12. The highest BCUT2D eigenvalue weighted by atomic mass is 35.5. The molecule has 3 aliphatic heterocycles. The summed E-state index contributed by atoms with van der Waals surface area (Å²) in [6, 6.07) is 5.58. The van der Waals surface area contributed by atoms with Crippen LogP contribution in [0.4, 0.5) is 0 Å². The number of hydrogen-bond acceptors (Lipinski definition) is 10. The predicted octanol–water partition coefficient (Wildman–Crippen LogP) is 5.53. The van der Waals surface area contributed by atoms with Crippen LogP contribution in [0.3, 0.4) is 0 Å². The summed E-state index contributed by atoms with van der Waals surface area (Å²) in [5, 5.41) is 22.1. The molecule has 2 N–H and O–H groups in total. The van der Waals surface area contributed by atoms with Gasteiger partial charge in [0.15, 0.2) is 5.54 Å². The number of aliphatic carboxylic acids is 1. The number of phenolic OH excluding ortho intramolecular Hbond substituents is 1. The van der Waals surface area contributed by atoms with E-state index in [0.29, 0.717) is 16.5 Å². The number of esters is 1. The van der Waals surface area contributed by atoms with Gasteiger partial charge < -0.3 is 14.9 Å². The Labute approximate surface area is 260 Å². The Morgan fingerprint density at radius 2 is 2.02 bits per heavy atom. The number of unbranched alkanes of at least 4 members (excludes halogenated alkanes) is 2. The number of likely N-dealkylation sites (N-methyl/N-ethyl adjacent to an activating group) is 1. The molecule has 226 valence electrons. The fourth-order valence-corrected chi connectivity index (χ4v) is 9.82. The monoisotopic (exact) mass is 641 g/mol. The first-order chi connectivity index (χ1) is 19.4. The summed E-state index contributed by atoms with van der Waals surface area (Å²) in [5.74, 6) is 0.367. The summed E-state index contributed by atoms with van der Waals surface area (Å²) in [6.45, 7) is 7.73. The van der Waals surface area contributed by atoms with E-state index in [4.69, 9.17) is 21.3 Å². The molecule has 8 nitrogen and oxygen atoms in total. The lowest BCUT2D eigenvalue weighted by Gasteiger charge is -2.40. The van der Waals surface area contributed by atoms with Crippen molar-refractivity contribution in [3.05, 3.63) is 29.3 Å². The SMILES string of the molecule is CCCCCc1cccc(O)c1C1=N[C@@H]([C@H]2SC[C@@H]([C@@H](OC(=O)CCl)C(C)(C)C3=N[C@@](C)(C(=O)O)CS3)N2C)CS1. The van der Waals surface area contributed by atoms with Crippen LogP contribution in [-0.4, -0.2) is 96.4 Å². The van der Waals surface area contributed by atoms with E-state index >= 15 is 0 Å². The lowest BCUT2D eigenvalue weighted by molar-refractivity contribution is -0.153. The van der Waals surface area contributed by atoms with Crippen molar-refractivity contribution >= 4 is 68.9 Å². The first kappa shape index (κ1) is 32.5. The predicted molar refractivity (Wildman–Crippen MR) is 172 cm³/mol. The molecule has 5 atom stereocenters. The average Bonchev–Trinajstić information content (AvgIpc) is 3.66. The molecule has 0 bridgehead atoms. The smallest absolute Gasteiger partial charge is 0.332 e. The molecule has 3 aliphatic rings. The molecule has 0 unspecified atom stereocenters. The summed E-state index contributed by atoms with van der Waals surface area (Å²) in [4.78, 5) is 36.3.